The molecule has 1 amide bonds. The molecule has 2 aromatic rings. The molecule has 2 aliphatic rings. The van der Waals surface area contributed by atoms with Crippen LogP contribution >= 0.6 is 0 Å². The monoisotopic (exact) mass is 383 g/mol. The molecule has 1 spiro atoms. The van der Waals surface area contributed by atoms with Crippen LogP contribution in [0.4, 0.5) is 15.8 Å². The van der Waals surface area contributed by atoms with Crippen LogP contribution in [0.25, 0.3) is 0 Å². The molecule has 0 aromatic heterocycles. The Hall–Kier alpha value is -3.49. The second-order valence-electron chi connectivity index (χ2n) is 6.89. The van der Waals surface area contributed by atoms with Crippen molar-refractivity contribution in [3.8, 4) is 0 Å². The van der Waals surface area contributed by atoms with Gasteiger partial charge in [0.25, 0.3) is 11.6 Å². The summed E-state index contributed by atoms with van der Waals surface area (Å²) in [6.07, 6.45) is -1.21. The van der Waals surface area contributed by atoms with Gasteiger partial charge in [0.15, 0.2) is 6.30 Å². The summed E-state index contributed by atoms with van der Waals surface area (Å²) in [6, 6.07) is 12.6. The van der Waals surface area contributed by atoms with E-state index in [0.717, 1.165) is 16.2 Å². The Morgan fingerprint density at radius 3 is 2.68 bits per heavy atom. The number of nitro benzene ring substituents is 1. The molecule has 28 heavy (non-hydrogen) atoms. The lowest BCUT2D eigenvalue weighted by atomic mass is 9.92. The van der Waals surface area contributed by atoms with E-state index in [2.05, 4.69) is 10.3 Å². The van der Waals surface area contributed by atoms with Gasteiger partial charge in [-0.2, -0.15) is 0 Å². The summed E-state index contributed by atoms with van der Waals surface area (Å²) in [5, 5.41) is 14.0. The van der Waals surface area contributed by atoms with Crippen molar-refractivity contribution < 1.29 is 14.1 Å². The third-order valence-corrected chi connectivity index (χ3v) is 5.10. The smallest absolute Gasteiger partial charge is 0.269 e. The molecule has 0 saturated carbocycles. The molecule has 1 fully saturated rings. The zero-order valence-electron chi connectivity index (χ0n) is 14.8. The fourth-order valence-electron chi connectivity index (χ4n) is 3.66. The standard InChI is InChI=1S/C19H18FN5O3/c20-16-11-19(22-15-4-2-1-3-14(15)17(21)23-19)9-10-24(16)18(26)12-5-7-13(8-6-12)25(27)28/h1-8,16,22H,9-11H2,(H2,21,23). The Labute approximate surface area is 160 Å². The van der Waals surface area contributed by atoms with Gasteiger partial charge in [0.1, 0.15) is 11.5 Å². The number of piperidine rings is 1. The largest absolute Gasteiger partial charge is 0.383 e. The number of anilines is 1. The second-order valence-corrected chi connectivity index (χ2v) is 6.89. The summed E-state index contributed by atoms with van der Waals surface area (Å²) in [5.74, 6) is -0.165. The summed E-state index contributed by atoms with van der Waals surface area (Å²) < 4.78 is 15.0. The number of nitrogens with two attached hydrogens (primary N) is 1. The van der Waals surface area contributed by atoms with Gasteiger partial charge in [-0.25, -0.2) is 9.38 Å². The number of carbonyl (C=O) groups is 1. The van der Waals surface area contributed by atoms with E-state index in [-0.39, 0.29) is 24.2 Å². The van der Waals surface area contributed by atoms with Gasteiger partial charge < -0.3 is 16.0 Å². The topological polar surface area (TPSA) is 114 Å². The first-order valence-electron chi connectivity index (χ1n) is 8.81. The van der Waals surface area contributed by atoms with Gasteiger partial charge in [-0.15, -0.1) is 0 Å². The summed E-state index contributed by atoms with van der Waals surface area (Å²) in [7, 11) is 0. The predicted molar refractivity (Wildman–Crippen MR) is 102 cm³/mol. The fraction of sp³-hybridized carbons (Fsp3) is 0.263. The minimum absolute atomic E-state index is 0.0409. The number of para-hydroxylation sites is 1. The lowest BCUT2D eigenvalue weighted by Crippen LogP contribution is -2.55. The molecule has 4 rings (SSSR count). The van der Waals surface area contributed by atoms with Crippen LogP contribution < -0.4 is 11.1 Å². The van der Waals surface area contributed by atoms with Crippen molar-refractivity contribution in [3.05, 3.63) is 69.8 Å². The number of carbonyl (C=O) groups excluding carboxylic acids is 1. The Kier molecular flexibility index (Phi) is 4.21. The number of aliphatic imine (C=N–C) groups is 1. The molecule has 0 radical (unpaired) electrons. The van der Waals surface area contributed by atoms with E-state index in [1.54, 1.807) is 0 Å². The van der Waals surface area contributed by atoms with Gasteiger partial charge in [0, 0.05) is 48.3 Å². The molecule has 3 N–H and O–H groups in total. The zero-order valence-corrected chi connectivity index (χ0v) is 14.8. The highest BCUT2D eigenvalue weighted by atomic mass is 19.1. The van der Waals surface area contributed by atoms with Crippen LogP contribution in [0, 0.1) is 10.1 Å². The summed E-state index contributed by atoms with van der Waals surface area (Å²) in [5.41, 5.74) is 6.81. The number of nitrogens with one attached hydrogen (secondary N) is 1. The van der Waals surface area contributed by atoms with Crippen LogP contribution in [0.1, 0.15) is 28.8 Å². The molecular formula is C19H18FN5O3. The molecule has 2 aliphatic heterocycles. The molecule has 2 atom stereocenters. The number of rotatable bonds is 2. The number of likely N-dealkylation sites (tertiary alicyclic amines) is 1. The molecule has 1 saturated heterocycles. The number of hydrogen-bond acceptors (Lipinski definition) is 6. The van der Waals surface area contributed by atoms with Gasteiger partial charge in [-0.1, -0.05) is 12.1 Å². The number of hydrogen-bond donors (Lipinski definition) is 2. The number of benzene rings is 2. The normalized spacial score (nSPS) is 23.5. The van der Waals surface area contributed by atoms with Gasteiger partial charge >= 0.3 is 0 Å². The Balaban J connectivity index is 1.52. The van der Waals surface area contributed by atoms with E-state index < -0.39 is 22.8 Å². The SMILES string of the molecule is NC1=NC2(CCN(C(=O)c3ccc([N+](=O)[O-])cc3)C(F)C2)Nc2ccccc21. The predicted octanol–water partition coefficient (Wildman–Crippen LogP) is 2.65. The van der Waals surface area contributed by atoms with Crippen LogP contribution in [0.15, 0.2) is 53.5 Å². The van der Waals surface area contributed by atoms with Crippen molar-refractivity contribution in [2.24, 2.45) is 10.7 Å². The van der Waals surface area contributed by atoms with Crippen LogP contribution in [0.2, 0.25) is 0 Å². The Bertz CT molecular complexity index is 978. The Morgan fingerprint density at radius 2 is 2.00 bits per heavy atom. The van der Waals surface area contributed by atoms with Crippen LogP contribution in [0.3, 0.4) is 0 Å². The third kappa shape index (κ3) is 3.04. The van der Waals surface area contributed by atoms with Crippen molar-refractivity contribution in [2.75, 3.05) is 11.9 Å². The first-order valence-corrected chi connectivity index (χ1v) is 8.81. The van der Waals surface area contributed by atoms with Gasteiger partial charge in [-0.3, -0.25) is 14.9 Å². The van der Waals surface area contributed by atoms with Crippen molar-refractivity contribution in [2.45, 2.75) is 24.8 Å². The summed E-state index contributed by atoms with van der Waals surface area (Å²) in [4.78, 5) is 28.5. The summed E-state index contributed by atoms with van der Waals surface area (Å²) >= 11 is 0. The molecular weight excluding hydrogens is 365 g/mol. The summed E-state index contributed by atoms with van der Waals surface area (Å²) in [6.45, 7) is 0.142. The van der Waals surface area contributed by atoms with Gasteiger partial charge in [0.2, 0.25) is 0 Å². The number of non-ortho nitro benzene ring substituents is 1. The first-order chi connectivity index (χ1) is 13.4. The van der Waals surface area contributed by atoms with Gasteiger partial charge in [0.05, 0.1) is 4.92 Å². The number of nitrogens with zero attached hydrogens (tertiary/aromatic N) is 3. The lowest BCUT2D eigenvalue weighted by molar-refractivity contribution is -0.384. The highest BCUT2D eigenvalue weighted by molar-refractivity contribution is 6.04. The molecule has 8 nitrogen and oxygen atoms in total. The number of amides is 1. The van der Waals surface area contributed by atoms with Crippen LogP contribution in [0.5, 0.6) is 0 Å². The highest BCUT2D eigenvalue weighted by Crippen LogP contribution is 2.37. The maximum atomic E-state index is 15.0. The van der Waals surface area contributed by atoms with E-state index in [1.807, 2.05) is 24.3 Å². The van der Waals surface area contributed by atoms with E-state index >= 15 is 0 Å². The minimum atomic E-state index is -1.56. The van der Waals surface area contributed by atoms with Crippen molar-refractivity contribution in [1.29, 1.82) is 0 Å². The van der Waals surface area contributed by atoms with E-state index in [9.17, 15) is 19.3 Å². The van der Waals surface area contributed by atoms with Crippen LogP contribution in [-0.2, 0) is 0 Å². The molecule has 9 heteroatoms. The average molecular weight is 383 g/mol. The van der Waals surface area contributed by atoms with Crippen molar-refractivity contribution in [1.82, 2.24) is 4.90 Å². The second kappa shape index (κ2) is 6.59. The number of fused-ring (bicyclic) bond motifs is 1. The molecule has 0 bridgehead atoms. The molecule has 2 heterocycles. The van der Waals surface area contributed by atoms with E-state index in [0.29, 0.717) is 12.3 Å². The highest BCUT2D eigenvalue weighted by Gasteiger charge is 2.44. The number of amidine groups is 1. The van der Waals surface area contributed by atoms with Crippen molar-refractivity contribution in [3.63, 3.8) is 0 Å². The molecule has 2 unspecified atom stereocenters. The number of alkyl halides is 1. The van der Waals surface area contributed by atoms with Gasteiger partial charge in [-0.05, 0) is 24.3 Å². The van der Waals surface area contributed by atoms with E-state index in [1.165, 1.54) is 24.3 Å². The molecule has 2 aromatic carbocycles. The average Bonchev–Trinajstić information content (AvgIpc) is 2.67. The fourth-order valence-corrected chi connectivity index (χ4v) is 3.66. The number of halogens is 1. The molecule has 0 aliphatic carbocycles. The van der Waals surface area contributed by atoms with Crippen LogP contribution in [-0.4, -0.2) is 40.1 Å². The third-order valence-electron chi connectivity index (χ3n) is 5.10. The Morgan fingerprint density at radius 1 is 1.29 bits per heavy atom. The lowest BCUT2D eigenvalue weighted by Gasteiger charge is -2.44. The molecule has 144 valence electrons. The quantitative estimate of drug-likeness (QED) is 0.470. The maximum Gasteiger partial charge on any atom is 0.269 e. The van der Waals surface area contributed by atoms with Crippen molar-refractivity contribution >= 4 is 23.1 Å². The maximum absolute atomic E-state index is 15.0. The number of nitro groups is 1. The van der Waals surface area contributed by atoms with E-state index in [4.69, 9.17) is 5.73 Å². The zero-order chi connectivity index (χ0) is 19.9. The minimum Gasteiger partial charge on any atom is -0.383 e. The first kappa shape index (κ1) is 17.9.